The number of phenols is 1. The molecule has 6 atom stereocenters. The Morgan fingerprint density at radius 1 is 1.23 bits per heavy atom. The molecule has 1 spiro atoms. The van der Waals surface area contributed by atoms with Crippen LogP contribution in [0.15, 0.2) is 12.1 Å². The zero-order valence-electron chi connectivity index (χ0n) is 15.2. The maximum absolute atomic E-state index is 11.1. The number of likely N-dealkylation sites (tertiary alicyclic amines) is 1. The first-order valence-electron chi connectivity index (χ1n) is 9.09. The van der Waals surface area contributed by atoms with Gasteiger partial charge in [-0.15, -0.1) is 0 Å². The highest BCUT2D eigenvalue weighted by atomic mass is 16.7. The van der Waals surface area contributed by atoms with Crippen LogP contribution in [0, 0.1) is 0 Å². The van der Waals surface area contributed by atoms with E-state index < -0.39 is 28.9 Å². The van der Waals surface area contributed by atoms with Crippen molar-refractivity contribution in [2.45, 2.75) is 54.3 Å². The molecule has 0 radical (unpaired) electrons. The smallest absolute Gasteiger partial charge is 0.217 e. The van der Waals surface area contributed by atoms with Crippen LogP contribution in [0.5, 0.6) is 11.5 Å². The summed E-state index contributed by atoms with van der Waals surface area (Å²) in [5.41, 5.74) is 0.434. The lowest BCUT2D eigenvalue weighted by Crippen LogP contribution is -2.77. The number of aliphatic hydroxyl groups excluding tert-OH is 2. The Balaban J connectivity index is 1.88. The van der Waals surface area contributed by atoms with E-state index in [1.54, 1.807) is 6.07 Å². The van der Waals surface area contributed by atoms with Crippen LogP contribution in [-0.2, 0) is 14.9 Å². The Hall–Kier alpha value is -1.38. The fourth-order valence-corrected chi connectivity index (χ4v) is 6.61. The quantitative estimate of drug-likeness (QED) is 0.711. The van der Waals surface area contributed by atoms with Crippen LogP contribution in [0.1, 0.15) is 36.5 Å². The molecule has 2 bridgehead atoms. The van der Waals surface area contributed by atoms with E-state index in [2.05, 4.69) is 4.90 Å². The number of nitrogens with zero attached hydrogens (tertiary/aromatic N) is 1. The summed E-state index contributed by atoms with van der Waals surface area (Å²) in [5.74, 6) is -0.833. The van der Waals surface area contributed by atoms with Gasteiger partial charge in [0.25, 0.3) is 0 Å². The van der Waals surface area contributed by atoms with Gasteiger partial charge >= 0.3 is 0 Å². The van der Waals surface area contributed by atoms with Crippen LogP contribution in [0.3, 0.4) is 0 Å². The predicted octanol–water partition coefficient (Wildman–Crippen LogP) is 0.656. The Bertz CT molecular complexity index is 786. The van der Waals surface area contributed by atoms with Gasteiger partial charge in [-0.25, -0.2) is 0 Å². The average Bonchev–Trinajstić information content (AvgIpc) is 3.13. The van der Waals surface area contributed by atoms with Gasteiger partial charge in [0.2, 0.25) is 5.79 Å². The molecule has 0 aromatic heterocycles. The highest BCUT2D eigenvalue weighted by Crippen LogP contribution is 2.72. The van der Waals surface area contributed by atoms with E-state index in [0.717, 1.165) is 24.1 Å². The van der Waals surface area contributed by atoms with Gasteiger partial charge in [0.15, 0.2) is 11.5 Å². The van der Waals surface area contributed by atoms with Gasteiger partial charge in [-0.3, -0.25) is 4.90 Å². The van der Waals surface area contributed by atoms with Crippen LogP contribution < -0.4 is 4.74 Å². The maximum atomic E-state index is 11.1. The summed E-state index contributed by atoms with van der Waals surface area (Å²) in [6.07, 6.45) is -0.764. The number of aromatic hydroxyl groups is 1. The lowest BCUT2D eigenvalue weighted by Gasteiger charge is -2.60. The molecule has 2 saturated heterocycles. The second-order valence-electron chi connectivity index (χ2n) is 8.09. The summed E-state index contributed by atoms with van der Waals surface area (Å²) in [5, 5.41) is 32.8. The molecular formula is C19H25NO6. The molecule has 3 fully saturated rings. The number of hydrogen-bond acceptors (Lipinski definition) is 7. The monoisotopic (exact) mass is 363 g/mol. The fraction of sp³-hybridized carbons (Fsp3) is 0.684. The summed E-state index contributed by atoms with van der Waals surface area (Å²) < 4.78 is 17.6. The van der Waals surface area contributed by atoms with Crippen molar-refractivity contribution < 1.29 is 29.5 Å². The Morgan fingerprint density at radius 3 is 2.69 bits per heavy atom. The van der Waals surface area contributed by atoms with E-state index in [1.165, 1.54) is 14.2 Å². The van der Waals surface area contributed by atoms with Crippen molar-refractivity contribution in [3.8, 4) is 11.5 Å². The molecule has 1 saturated carbocycles. The minimum Gasteiger partial charge on any atom is -0.504 e. The molecule has 142 valence electrons. The lowest BCUT2D eigenvalue weighted by atomic mass is 9.50. The number of hydrogen-bond donors (Lipinski definition) is 3. The Kier molecular flexibility index (Phi) is 3.17. The Labute approximate surface area is 152 Å². The molecule has 3 N–H and O–H groups in total. The molecule has 26 heavy (non-hydrogen) atoms. The molecule has 4 aliphatic rings. The van der Waals surface area contributed by atoms with Crippen LogP contribution in [-0.4, -0.2) is 71.6 Å². The first-order valence-corrected chi connectivity index (χ1v) is 9.09. The molecule has 2 aliphatic carbocycles. The second kappa shape index (κ2) is 4.91. The normalized spacial score (nSPS) is 46.1. The van der Waals surface area contributed by atoms with Gasteiger partial charge in [0.05, 0.1) is 24.9 Å². The largest absolute Gasteiger partial charge is 0.504 e. The van der Waals surface area contributed by atoms with E-state index in [-0.39, 0.29) is 11.9 Å². The topological polar surface area (TPSA) is 91.6 Å². The van der Waals surface area contributed by atoms with Gasteiger partial charge in [-0.2, -0.15) is 0 Å². The molecule has 2 aliphatic heterocycles. The third-order valence-corrected chi connectivity index (χ3v) is 7.53. The van der Waals surface area contributed by atoms with Crippen LogP contribution in [0.2, 0.25) is 0 Å². The number of likely N-dealkylation sites (N-methyl/N-ethyl adjacent to an activating group) is 1. The molecule has 2 heterocycles. The van der Waals surface area contributed by atoms with Crippen molar-refractivity contribution in [3.05, 3.63) is 23.3 Å². The van der Waals surface area contributed by atoms with Gasteiger partial charge in [-0.1, -0.05) is 6.07 Å². The maximum Gasteiger partial charge on any atom is 0.217 e. The number of fused-ring (bicyclic) bond motifs is 3. The number of phenolic OH excluding ortho intramolecular Hbond substituents is 1. The van der Waals surface area contributed by atoms with Crippen molar-refractivity contribution in [1.82, 2.24) is 4.90 Å². The minimum atomic E-state index is -1.35. The molecule has 1 aromatic rings. The lowest BCUT2D eigenvalue weighted by molar-refractivity contribution is -0.335. The van der Waals surface area contributed by atoms with Crippen molar-refractivity contribution >= 4 is 0 Å². The van der Waals surface area contributed by atoms with Gasteiger partial charge in [-0.05, 0) is 38.1 Å². The van der Waals surface area contributed by atoms with Crippen molar-refractivity contribution in [1.29, 1.82) is 0 Å². The van der Waals surface area contributed by atoms with Crippen LogP contribution >= 0.6 is 0 Å². The van der Waals surface area contributed by atoms with Crippen molar-refractivity contribution in [3.63, 3.8) is 0 Å². The number of methoxy groups -OCH3 is 2. The first-order chi connectivity index (χ1) is 12.4. The predicted molar refractivity (Wildman–Crippen MR) is 91.1 cm³/mol. The van der Waals surface area contributed by atoms with E-state index in [4.69, 9.17) is 14.2 Å². The molecule has 5 rings (SSSR count). The van der Waals surface area contributed by atoms with Gasteiger partial charge < -0.3 is 29.5 Å². The fourth-order valence-electron chi connectivity index (χ4n) is 6.61. The molecule has 1 aromatic carbocycles. The van der Waals surface area contributed by atoms with Gasteiger partial charge in [0, 0.05) is 24.5 Å². The summed E-state index contributed by atoms with van der Waals surface area (Å²) in [4.78, 5) is 2.19. The van der Waals surface area contributed by atoms with E-state index in [1.807, 2.05) is 13.1 Å². The summed E-state index contributed by atoms with van der Waals surface area (Å²) in [6, 6.07) is 3.67. The second-order valence-corrected chi connectivity index (χ2v) is 8.09. The van der Waals surface area contributed by atoms with Crippen molar-refractivity contribution in [2.24, 2.45) is 0 Å². The zero-order valence-corrected chi connectivity index (χ0v) is 15.2. The number of ether oxygens (including phenoxy) is 3. The van der Waals surface area contributed by atoms with E-state index >= 15 is 0 Å². The number of rotatable bonds is 2. The van der Waals surface area contributed by atoms with Crippen LogP contribution in [0.4, 0.5) is 0 Å². The van der Waals surface area contributed by atoms with E-state index in [0.29, 0.717) is 18.6 Å². The molecule has 7 nitrogen and oxygen atoms in total. The SMILES string of the molecule is COc1ccc2c(c1O)C13CCN(C)C14C[C@H]2O[C@@]4(OC)[C@@H](O)C(O)C3. The molecule has 3 unspecified atom stereocenters. The third-order valence-electron chi connectivity index (χ3n) is 7.53. The minimum absolute atomic E-state index is 0.105. The summed E-state index contributed by atoms with van der Waals surface area (Å²) in [6.45, 7) is 0.761. The first kappa shape index (κ1) is 16.8. The summed E-state index contributed by atoms with van der Waals surface area (Å²) >= 11 is 0. The van der Waals surface area contributed by atoms with E-state index in [9.17, 15) is 15.3 Å². The third kappa shape index (κ3) is 1.44. The Morgan fingerprint density at radius 2 is 2.00 bits per heavy atom. The molecular weight excluding hydrogens is 338 g/mol. The standard InChI is InChI=1S/C19H25NO6/c1-20-7-6-17-8-11(21)16(23)19(25-3)18(17,20)9-13(26-19)10-4-5-12(24-2)15(22)14(10)17/h4-5,11,13,16,21-23H,6-9H2,1-3H3/t11?,13-,16+,17?,18?,19+/m1/s1. The number of benzene rings is 1. The highest BCUT2D eigenvalue weighted by Gasteiger charge is 2.82. The van der Waals surface area contributed by atoms with Crippen LogP contribution in [0.25, 0.3) is 0 Å². The highest BCUT2D eigenvalue weighted by molar-refractivity contribution is 5.61. The van der Waals surface area contributed by atoms with Crippen molar-refractivity contribution in [2.75, 3.05) is 27.8 Å². The molecule has 7 heteroatoms. The zero-order chi connectivity index (χ0) is 18.5. The average molecular weight is 363 g/mol. The summed E-state index contributed by atoms with van der Waals surface area (Å²) in [7, 11) is 5.06. The van der Waals surface area contributed by atoms with Gasteiger partial charge in [0.1, 0.15) is 6.10 Å². The number of aliphatic hydroxyl groups is 2. The molecule has 0 amide bonds.